The monoisotopic (exact) mass is 230 g/mol. The largest absolute Gasteiger partial charge is 0.395 e. The second kappa shape index (κ2) is 7.25. The highest BCUT2D eigenvalue weighted by Crippen LogP contribution is 2.16. The van der Waals surface area contributed by atoms with Crippen molar-refractivity contribution in [3.63, 3.8) is 0 Å². The Labute approximate surface area is 101 Å². The van der Waals surface area contributed by atoms with Crippen molar-refractivity contribution in [2.75, 3.05) is 33.3 Å². The van der Waals surface area contributed by atoms with Crippen molar-refractivity contribution in [3.8, 4) is 0 Å². The van der Waals surface area contributed by atoms with Gasteiger partial charge in [-0.25, -0.2) is 0 Å². The van der Waals surface area contributed by atoms with Gasteiger partial charge in [-0.15, -0.1) is 0 Å². The van der Waals surface area contributed by atoms with Crippen LogP contribution in [0, 0.1) is 11.3 Å². The first-order valence-electron chi connectivity index (χ1n) is 6.30. The van der Waals surface area contributed by atoms with Crippen LogP contribution in [0.2, 0.25) is 0 Å². The molecule has 3 nitrogen and oxygen atoms in total. The molecule has 0 radical (unpaired) electrons. The summed E-state index contributed by atoms with van der Waals surface area (Å²) in [5.41, 5.74) is 0.243. The molecule has 0 saturated heterocycles. The van der Waals surface area contributed by atoms with E-state index in [4.69, 9.17) is 5.11 Å². The molecule has 1 unspecified atom stereocenters. The third kappa shape index (κ3) is 7.20. The molecular formula is C13H30N2O. The fraction of sp³-hybridized carbons (Fsp3) is 1.00. The molecule has 0 saturated carbocycles. The maximum absolute atomic E-state index is 9.09. The van der Waals surface area contributed by atoms with Gasteiger partial charge < -0.3 is 15.3 Å². The summed E-state index contributed by atoms with van der Waals surface area (Å²) in [7, 11) is 2.07. The van der Waals surface area contributed by atoms with Gasteiger partial charge in [0.15, 0.2) is 0 Å². The lowest BCUT2D eigenvalue weighted by Crippen LogP contribution is -2.43. The van der Waals surface area contributed by atoms with E-state index in [1.165, 1.54) is 0 Å². The highest BCUT2D eigenvalue weighted by atomic mass is 16.3. The molecule has 0 heterocycles. The Bertz CT molecular complexity index is 181. The fourth-order valence-electron chi connectivity index (χ4n) is 1.73. The predicted molar refractivity (Wildman–Crippen MR) is 70.7 cm³/mol. The molecule has 3 heteroatoms. The van der Waals surface area contributed by atoms with E-state index in [9.17, 15) is 0 Å². The maximum Gasteiger partial charge on any atom is 0.0584 e. The Balaban J connectivity index is 3.93. The molecule has 0 aliphatic heterocycles. The van der Waals surface area contributed by atoms with Gasteiger partial charge in [0.1, 0.15) is 0 Å². The van der Waals surface area contributed by atoms with Crippen LogP contribution in [0.25, 0.3) is 0 Å². The van der Waals surface area contributed by atoms with Crippen LogP contribution >= 0.6 is 0 Å². The third-order valence-corrected chi connectivity index (χ3v) is 2.85. The Morgan fingerprint density at radius 3 is 2.25 bits per heavy atom. The van der Waals surface area contributed by atoms with Crippen molar-refractivity contribution < 1.29 is 5.11 Å². The van der Waals surface area contributed by atoms with Crippen molar-refractivity contribution in [3.05, 3.63) is 0 Å². The van der Waals surface area contributed by atoms with Crippen molar-refractivity contribution in [2.24, 2.45) is 11.3 Å². The smallest absolute Gasteiger partial charge is 0.0584 e. The number of nitrogens with one attached hydrogen (secondary N) is 1. The minimum absolute atomic E-state index is 0.228. The van der Waals surface area contributed by atoms with Gasteiger partial charge in [-0.3, -0.25) is 0 Å². The standard InChI is InChI=1S/C13H30N2O/c1-11(2)7-14-9-13(4,5)10-15(6)12(3)8-16/h11-12,14,16H,7-10H2,1-6H3. The van der Waals surface area contributed by atoms with Crippen LogP contribution in [0.1, 0.15) is 34.6 Å². The van der Waals surface area contributed by atoms with Gasteiger partial charge >= 0.3 is 0 Å². The summed E-state index contributed by atoms with van der Waals surface area (Å²) in [5.74, 6) is 0.699. The van der Waals surface area contributed by atoms with Gasteiger partial charge in [-0.05, 0) is 31.8 Å². The van der Waals surface area contributed by atoms with E-state index in [0.29, 0.717) is 5.92 Å². The molecule has 0 bridgehead atoms. The zero-order chi connectivity index (χ0) is 12.8. The molecule has 98 valence electrons. The van der Waals surface area contributed by atoms with Gasteiger partial charge in [0.25, 0.3) is 0 Å². The number of likely N-dealkylation sites (N-methyl/N-ethyl adjacent to an activating group) is 1. The van der Waals surface area contributed by atoms with E-state index < -0.39 is 0 Å². The number of hydrogen-bond acceptors (Lipinski definition) is 3. The third-order valence-electron chi connectivity index (χ3n) is 2.85. The molecule has 0 aromatic rings. The van der Waals surface area contributed by atoms with Crippen LogP contribution in [0.4, 0.5) is 0 Å². The molecule has 0 aromatic carbocycles. The lowest BCUT2D eigenvalue weighted by Gasteiger charge is -2.33. The highest BCUT2D eigenvalue weighted by Gasteiger charge is 2.21. The summed E-state index contributed by atoms with van der Waals surface area (Å²) in [6.45, 7) is 14.3. The predicted octanol–water partition coefficient (Wildman–Crippen LogP) is 1.57. The second-order valence-electron chi connectivity index (χ2n) is 6.14. The minimum Gasteiger partial charge on any atom is -0.395 e. The van der Waals surface area contributed by atoms with E-state index in [2.05, 4.69) is 51.9 Å². The first-order chi connectivity index (χ1) is 7.28. The van der Waals surface area contributed by atoms with Gasteiger partial charge in [-0.2, -0.15) is 0 Å². The van der Waals surface area contributed by atoms with Crippen molar-refractivity contribution >= 4 is 0 Å². The quantitative estimate of drug-likeness (QED) is 0.664. The van der Waals surface area contributed by atoms with Crippen LogP contribution in [0.3, 0.4) is 0 Å². The van der Waals surface area contributed by atoms with E-state index in [-0.39, 0.29) is 18.1 Å². The Hall–Kier alpha value is -0.120. The van der Waals surface area contributed by atoms with E-state index in [0.717, 1.165) is 19.6 Å². The first kappa shape index (κ1) is 15.9. The molecule has 16 heavy (non-hydrogen) atoms. The second-order valence-corrected chi connectivity index (χ2v) is 6.14. The summed E-state index contributed by atoms with van der Waals surface area (Å²) in [5, 5.41) is 12.6. The van der Waals surface area contributed by atoms with Crippen molar-refractivity contribution in [1.29, 1.82) is 0 Å². The molecule has 1 atom stereocenters. The SMILES string of the molecule is CC(C)CNCC(C)(C)CN(C)C(C)CO. The lowest BCUT2D eigenvalue weighted by atomic mass is 9.92. The number of aliphatic hydroxyl groups excluding tert-OH is 1. The molecule has 0 rings (SSSR count). The molecule has 0 amide bonds. The van der Waals surface area contributed by atoms with Crippen molar-refractivity contribution in [1.82, 2.24) is 10.2 Å². The summed E-state index contributed by atoms with van der Waals surface area (Å²) in [6, 6.07) is 0.240. The van der Waals surface area contributed by atoms with E-state index in [1.54, 1.807) is 0 Å². The average molecular weight is 230 g/mol. The lowest BCUT2D eigenvalue weighted by molar-refractivity contribution is 0.117. The average Bonchev–Trinajstić information content (AvgIpc) is 2.14. The normalized spacial score (nSPS) is 14.8. The molecule has 0 spiro atoms. The number of aliphatic hydroxyl groups is 1. The zero-order valence-electron chi connectivity index (χ0n) is 11.9. The molecular weight excluding hydrogens is 200 g/mol. The summed E-state index contributed by atoms with van der Waals surface area (Å²) in [6.07, 6.45) is 0. The Morgan fingerprint density at radius 2 is 1.81 bits per heavy atom. The molecule has 2 N–H and O–H groups in total. The summed E-state index contributed by atoms with van der Waals surface area (Å²) < 4.78 is 0. The van der Waals surface area contributed by atoms with Crippen molar-refractivity contribution in [2.45, 2.75) is 40.7 Å². The van der Waals surface area contributed by atoms with Crippen LogP contribution < -0.4 is 5.32 Å². The van der Waals surface area contributed by atoms with Gasteiger partial charge in [0, 0.05) is 19.1 Å². The number of nitrogens with zero attached hydrogens (tertiary/aromatic N) is 1. The van der Waals surface area contributed by atoms with Crippen LogP contribution in [0.5, 0.6) is 0 Å². The zero-order valence-corrected chi connectivity index (χ0v) is 11.9. The first-order valence-corrected chi connectivity index (χ1v) is 6.30. The Morgan fingerprint density at radius 1 is 1.25 bits per heavy atom. The van der Waals surface area contributed by atoms with Crippen LogP contribution in [-0.2, 0) is 0 Å². The summed E-state index contributed by atoms with van der Waals surface area (Å²) >= 11 is 0. The molecule has 0 aliphatic carbocycles. The van der Waals surface area contributed by atoms with Gasteiger partial charge in [-0.1, -0.05) is 27.7 Å². The number of rotatable bonds is 8. The van der Waals surface area contributed by atoms with Gasteiger partial charge in [0.05, 0.1) is 6.61 Å². The van der Waals surface area contributed by atoms with Gasteiger partial charge in [0.2, 0.25) is 0 Å². The molecule has 0 aromatic heterocycles. The van der Waals surface area contributed by atoms with Crippen LogP contribution in [-0.4, -0.2) is 49.3 Å². The summed E-state index contributed by atoms with van der Waals surface area (Å²) in [4.78, 5) is 2.22. The Kier molecular flexibility index (Phi) is 7.20. The minimum atomic E-state index is 0.228. The molecule has 0 aliphatic rings. The maximum atomic E-state index is 9.09. The van der Waals surface area contributed by atoms with Crippen LogP contribution in [0.15, 0.2) is 0 Å². The number of hydrogen-bond donors (Lipinski definition) is 2. The van der Waals surface area contributed by atoms with E-state index >= 15 is 0 Å². The fourth-order valence-corrected chi connectivity index (χ4v) is 1.73. The molecule has 0 fully saturated rings. The highest BCUT2D eigenvalue weighted by molar-refractivity contribution is 4.77. The van der Waals surface area contributed by atoms with E-state index in [1.807, 2.05) is 0 Å². The topological polar surface area (TPSA) is 35.5 Å².